The molecule has 1 aromatic rings. The molecular weight excluding hydrogens is 382 g/mol. The van der Waals surface area contributed by atoms with E-state index in [1.165, 1.54) is 5.56 Å². The Morgan fingerprint density at radius 2 is 1.83 bits per heavy atom. The normalized spacial score (nSPS) is 24.2. The van der Waals surface area contributed by atoms with Gasteiger partial charge in [-0.25, -0.2) is 4.79 Å². The lowest BCUT2D eigenvalue weighted by Crippen LogP contribution is -2.53. The molecule has 2 unspecified atom stereocenters. The predicted octanol–water partition coefficient (Wildman–Crippen LogP) is 3.80. The van der Waals surface area contributed by atoms with Crippen molar-refractivity contribution in [2.75, 3.05) is 11.9 Å². The van der Waals surface area contributed by atoms with Crippen molar-refractivity contribution in [3.63, 3.8) is 0 Å². The topological polar surface area (TPSA) is 87.7 Å². The maximum Gasteiger partial charge on any atom is 0.410 e. The van der Waals surface area contributed by atoms with E-state index in [2.05, 4.69) is 36.6 Å². The third-order valence-electron chi connectivity index (χ3n) is 5.75. The molecule has 7 nitrogen and oxygen atoms in total. The molecule has 2 saturated heterocycles. The van der Waals surface area contributed by atoms with Gasteiger partial charge in [0.05, 0.1) is 0 Å². The molecule has 2 fully saturated rings. The maximum absolute atomic E-state index is 12.6. The van der Waals surface area contributed by atoms with Gasteiger partial charge in [-0.3, -0.25) is 14.9 Å². The number of amides is 3. The first kappa shape index (κ1) is 22.1. The van der Waals surface area contributed by atoms with Gasteiger partial charge in [0.1, 0.15) is 11.6 Å². The fourth-order valence-electron chi connectivity index (χ4n) is 4.23. The summed E-state index contributed by atoms with van der Waals surface area (Å²) in [5, 5.41) is 5.57. The van der Waals surface area contributed by atoms with E-state index in [1.54, 1.807) is 0 Å². The van der Waals surface area contributed by atoms with Crippen molar-refractivity contribution >= 4 is 23.6 Å². The second kappa shape index (κ2) is 8.28. The number of imide groups is 1. The van der Waals surface area contributed by atoms with Gasteiger partial charge >= 0.3 is 6.09 Å². The van der Waals surface area contributed by atoms with Gasteiger partial charge in [-0.15, -0.1) is 0 Å². The third kappa shape index (κ3) is 5.32. The highest BCUT2D eigenvalue weighted by Gasteiger charge is 2.40. The van der Waals surface area contributed by atoms with Crippen LogP contribution in [0, 0.1) is 0 Å². The van der Waals surface area contributed by atoms with E-state index in [-0.39, 0.29) is 29.5 Å². The van der Waals surface area contributed by atoms with Crippen LogP contribution in [-0.2, 0) is 14.3 Å². The van der Waals surface area contributed by atoms with E-state index >= 15 is 0 Å². The van der Waals surface area contributed by atoms with Crippen LogP contribution < -0.4 is 10.6 Å². The highest BCUT2D eigenvalue weighted by Crippen LogP contribution is 2.38. The number of nitrogens with one attached hydrogen (secondary N) is 2. The first-order chi connectivity index (χ1) is 13.9. The molecule has 0 aromatic heterocycles. The Morgan fingerprint density at radius 1 is 1.17 bits per heavy atom. The zero-order chi connectivity index (χ0) is 22.1. The molecule has 2 heterocycles. The van der Waals surface area contributed by atoms with Gasteiger partial charge in [0.2, 0.25) is 11.8 Å². The minimum absolute atomic E-state index is 0.214. The van der Waals surface area contributed by atoms with Gasteiger partial charge in [-0.1, -0.05) is 12.1 Å². The Hall–Kier alpha value is -2.57. The van der Waals surface area contributed by atoms with E-state index in [0.717, 1.165) is 18.5 Å². The summed E-state index contributed by atoms with van der Waals surface area (Å²) in [6.07, 6.45) is 2.33. The molecule has 0 saturated carbocycles. The van der Waals surface area contributed by atoms with Gasteiger partial charge in [-0.2, -0.15) is 0 Å². The molecule has 164 valence electrons. The molecular formula is C23H33N3O4. The fraction of sp³-hybridized carbons (Fsp3) is 0.609. The molecule has 0 radical (unpaired) electrons. The summed E-state index contributed by atoms with van der Waals surface area (Å²) in [5.74, 6) is -0.135. The lowest BCUT2D eigenvalue weighted by atomic mass is 9.79. The third-order valence-corrected chi connectivity index (χ3v) is 5.75. The molecule has 30 heavy (non-hydrogen) atoms. The van der Waals surface area contributed by atoms with Crippen LogP contribution in [0.1, 0.15) is 71.8 Å². The van der Waals surface area contributed by atoms with E-state index < -0.39 is 5.60 Å². The molecule has 2 aliphatic rings. The standard InChI is InChI=1S/C23H33N3O4/c1-22(2,3)30-21(29)26-13-12-16(14-23(26,4)5)15-6-8-17(9-7-15)24-18-10-11-19(27)25-20(18)28/h6-9,16,18,24H,10-14H2,1-5H3,(H,25,27,28). The highest BCUT2D eigenvalue weighted by molar-refractivity contribution is 6.01. The van der Waals surface area contributed by atoms with Crippen LogP contribution in [-0.4, -0.2) is 46.5 Å². The lowest BCUT2D eigenvalue weighted by molar-refractivity contribution is -0.133. The number of likely N-dealkylation sites (tertiary alicyclic amines) is 1. The van der Waals surface area contributed by atoms with Crippen LogP contribution in [0.3, 0.4) is 0 Å². The largest absolute Gasteiger partial charge is 0.444 e. The minimum Gasteiger partial charge on any atom is -0.444 e. The second-order valence-corrected chi connectivity index (χ2v) is 9.90. The van der Waals surface area contributed by atoms with E-state index in [9.17, 15) is 14.4 Å². The number of ether oxygens (including phenoxy) is 1. The molecule has 2 atom stereocenters. The van der Waals surface area contributed by atoms with Crippen LogP contribution in [0.25, 0.3) is 0 Å². The van der Waals surface area contributed by atoms with Crippen molar-refractivity contribution < 1.29 is 19.1 Å². The lowest BCUT2D eigenvalue weighted by Gasteiger charge is -2.45. The molecule has 2 aliphatic heterocycles. The number of hydrogen-bond donors (Lipinski definition) is 2. The molecule has 3 rings (SSSR count). The molecule has 0 spiro atoms. The van der Waals surface area contributed by atoms with Crippen LogP contribution in [0.15, 0.2) is 24.3 Å². The average molecular weight is 416 g/mol. The zero-order valence-electron chi connectivity index (χ0n) is 18.6. The predicted molar refractivity (Wildman–Crippen MR) is 115 cm³/mol. The van der Waals surface area contributed by atoms with Gasteiger partial charge in [0.15, 0.2) is 0 Å². The summed E-state index contributed by atoms with van der Waals surface area (Å²) in [6.45, 7) is 10.5. The van der Waals surface area contributed by atoms with Crippen molar-refractivity contribution in [2.24, 2.45) is 0 Å². The minimum atomic E-state index is -0.505. The van der Waals surface area contributed by atoms with Crippen LogP contribution in [0.2, 0.25) is 0 Å². The molecule has 3 amide bonds. The van der Waals surface area contributed by atoms with E-state index in [1.807, 2.05) is 37.8 Å². The zero-order valence-corrected chi connectivity index (χ0v) is 18.6. The monoisotopic (exact) mass is 415 g/mol. The van der Waals surface area contributed by atoms with Crippen molar-refractivity contribution in [1.29, 1.82) is 0 Å². The van der Waals surface area contributed by atoms with Crippen LogP contribution in [0.5, 0.6) is 0 Å². The summed E-state index contributed by atoms with van der Waals surface area (Å²) >= 11 is 0. The number of hydrogen-bond acceptors (Lipinski definition) is 5. The van der Waals surface area contributed by atoms with E-state index in [0.29, 0.717) is 25.3 Å². The SMILES string of the molecule is CC(C)(C)OC(=O)N1CCC(c2ccc(NC3CCC(=O)NC3=O)cc2)CC1(C)C. The fourth-order valence-corrected chi connectivity index (χ4v) is 4.23. The Kier molecular flexibility index (Phi) is 6.11. The maximum atomic E-state index is 12.6. The van der Waals surface area contributed by atoms with Gasteiger partial charge in [0.25, 0.3) is 0 Å². The quantitative estimate of drug-likeness (QED) is 0.733. The van der Waals surface area contributed by atoms with Crippen molar-refractivity contribution in [3.05, 3.63) is 29.8 Å². The Morgan fingerprint density at radius 3 is 2.40 bits per heavy atom. The van der Waals surface area contributed by atoms with Crippen molar-refractivity contribution in [1.82, 2.24) is 10.2 Å². The number of piperidine rings is 2. The van der Waals surface area contributed by atoms with Gasteiger partial charge < -0.3 is 15.0 Å². The first-order valence-electron chi connectivity index (χ1n) is 10.7. The number of benzene rings is 1. The average Bonchev–Trinajstić information content (AvgIpc) is 2.62. The molecule has 2 N–H and O–H groups in total. The second-order valence-electron chi connectivity index (χ2n) is 9.90. The summed E-state index contributed by atoms with van der Waals surface area (Å²) in [5.41, 5.74) is 1.28. The summed E-state index contributed by atoms with van der Waals surface area (Å²) < 4.78 is 5.58. The van der Waals surface area contributed by atoms with Crippen molar-refractivity contribution in [3.8, 4) is 0 Å². The summed E-state index contributed by atoms with van der Waals surface area (Å²) in [4.78, 5) is 37.7. The van der Waals surface area contributed by atoms with Crippen LogP contribution >= 0.6 is 0 Å². The number of nitrogens with zero attached hydrogens (tertiary/aromatic N) is 1. The Balaban J connectivity index is 1.61. The van der Waals surface area contributed by atoms with Crippen molar-refractivity contribution in [2.45, 2.75) is 83.4 Å². The van der Waals surface area contributed by atoms with Gasteiger partial charge in [0, 0.05) is 24.2 Å². The number of carbonyl (C=O) groups is 3. The Labute approximate surface area is 178 Å². The first-order valence-corrected chi connectivity index (χ1v) is 10.7. The number of anilines is 1. The molecule has 7 heteroatoms. The van der Waals surface area contributed by atoms with Crippen LogP contribution in [0.4, 0.5) is 10.5 Å². The Bertz CT molecular complexity index is 811. The molecule has 0 aliphatic carbocycles. The smallest absolute Gasteiger partial charge is 0.410 e. The highest BCUT2D eigenvalue weighted by atomic mass is 16.6. The number of rotatable bonds is 3. The summed E-state index contributed by atoms with van der Waals surface area (Å²) in [7, 11) is 0. The summed E-state index contributed by atoms with van der Waals surface area (Å²) in [6, 6.07) is 7.74. The molecule has 1 aromatic carbocycles. The number of carbonyl (C=O) groups excluding carboxylic acids is 3. The van der Waals surface area contributed by atoms with E-state index in [4.69, 9.17) is 4.74 Å². The van der Waals surface area contributed by atoms with Gasteiger partial charge in [-0.05, 0) is 77.5 Å². The molecule has 0 bridgehead atoms.